The monoisotopic (exact) mass is 388 g/mol. The van der Waals surface area contributed by atoms with E-state index in [1.54, 1.807) is 11.0 Å². The molecule has 28 heavy (non-hydrogen) atoms. The molecule has 1 saturated heterocycles. The van der Waals surface area contributed by atoms with E-state index >= 15 is 0 Å². The van der Waals surface area contributed by atoms with Crippen LogP contribution in [0, 0.1) is 5.92 Å². The number of piperidine rings is 1. The Kier molecular flexibility index (Phi) is 7.11. The zero-order valence-electron chi connectivity index (χ0n) is 17.4. The van der Waals surface area contributed by atoms with Crippen molar-refractivity contribution < 1.29 is 19.1 Å². The summed E-state index contributed by atoms with van der Waals surface area (Å²) in [4.78, 5) is 26.7. The van der Waals surface area contributed by atoms with Crippen molar-refractivity contribution in [3.8, 4) is 0 Å². The first-order chi connectivity index (χ1) is 13.1. The van der Waals surface area contributed by atoms with Gasteiger partial charge in [0.05, 0.1) is 5.54 Å². The van der Waals surface area contributed by atoms with E-state index in [1.165, 1.54) is 0 Å². The van der Waals surface area contributed by atoms with Crippen LogP contribution in [-0.2, 0) is 16.1 Å². The van der Waals surface area contributed by atoms with E-state index in [9.17, 15) is 9.59 Å². The maximum Gasteiger partial charge on any atom is 0.410 e. The van der Waals surface area contributed by atoms with Crippen LogP contribution in [0.4, 0.5) is 9.59 Å². The number of amides is 2. The minimum atomic E-state index is -0.634. The van der Waals surface area contributed by atoms with Crippen LogP contribution < -0.4 is 5.32 Å². The summed E-state index contributed by atoms with van der Waals surface area (Å²) in [5.41, 5.74) is -0.281. The van der Waals surface area contributed by atoms with E-state index in [0.717, 1.165) is 18.4 Å². The lowest BCUT2D eigenvalue weighted by atomic mass is 9.78. The van der Waals surface area contributed by atoms with Gasteiger partial charge in [-0.2, -0.15) is 0 Å². The zero-order valence-corrected chi connectivity index (χ0v) is 17.4. The first kappa shape index (κ1) is 21.8. The molecule has 0 spiro atoms. The second-order valence-corrected chi connectivity index (χ2v) is 8.37. The number of benzene rings is 1. The van der Waals surface area contributed by atoms with E-state index in [1.807, 2.05) is 58.0 Å². The molecule has 6 nitrogen and oxygen atoms in total. The third kappa shape index (κ3) is 6.01. The van der Waals surface area contributed by atoms with Crippen molar-refractivity contribution >= 4 is 12.2 Å². The summed E-state index contributed by atoms with van der Waals surface area (Å²) in [5, 5.41) is 3.02. The Bertz CT molecular complexity index is 684. The molecule has 0 bridgehead atoms. The lowest BCUT2D eigenvalue weighted by molar-refractivity contribution is 0.00614. The Balaban J connectivity index is 2.06. The fourth-order valence-electron chi connectivity index (χ4n) is 3.34. The first-order valence-corrected chi connectivity index (χ1v) is 9.74. The van der Waals surface area contributed by atoms with Crippen molar-refractivity contribution in [3.63, 3.8) is 0 Å². The molecule has 1 aliphatic rings. The van der Waals surface area contributed by atoms with E-state index in [0.29, 0.717) is 13.1 Å². The molecule has 1 heterocycles. The third-order valence-corrected chi connectivity index (χ3v) is 4.96. The molecule has 1 fully saturated rings. The quantitative estimate of drug-likeness (QED) is 0.754. The fraction of sp³-hybridized carbons (Fsp3) is 0.545. The molecule has 154 valence electrons. The standard InChI is InChI=1S/C22H32N2O4/c1-6-17(2)22(23-19(25)27-15-18-11-8-7-9-12-18)13-10-14-24(16-22)20(26)28-21(3,4)5/h6-9,11-12,17H,1,10,13-16H2,2-5H3,(H,23,25). The van der Waals surface area contributed by atoms with Crippen LogP contribution in [0.15, 0.2) is 43.0 Å². The summed E-state index contributed by atoms with van der Waals surface area (Å²) in [6, 6.07) is 9.52. The summed E-state index contributed by atoms with van der Waals surface area (Å²) in [5.74, 6) is -0.0398. The number of alkyl carbamates (subject to hydrolysis) is 1. The number of nitrogens with zero attached hydrogens (tertiary/aromatic N) is 1. The second-order valence-electron chi connectivity index (χ2n) is 8.37. The smallest absolute Gasteiger partial charge is 0.410 e. The van der Waals surface area contributed by atoms with Crippen LogP contribution in [0.25, 0.3) is 0 Å². The van der Waals surface area contributed by atoms with Crippen molar-refractivity contribution in [2.24, 2.45) is 5.92 Å². The fourth-order valence-corrected chi connectivity index (χ4v) is 3.34. The molecule has 6 heteroatoms. The molecule has 0 aromatic heterocycles. The molecule has 0 aliphatic carbocycles. The van der Waals surface area contributed by atoms with Crippen molar-refractivity contribution in [1.82, 2.24) is 10.2 Å². The lowest BCUT2D eigenvalue weighted by Gasteiger charge is -2.45. The third-order valence-electron chi connectivity index (χ3n) is 4.96. The Hall–Kier alpha value is -2.50. The van der Waals surface area contributed by atoms with Crippen molar-refractivity contribution in [3.05, 3.63) is 48.6 Å². The van der Waals surface area contributed by atoms with E-state index in [2.05, 4.69) is 11.9 Å². The molecule has 1 aromatic carbocycles. The molecular weight excluding hydrogens is 356 g/mol. The molecule has 2 atom stereocenters. The average Bonchev–Trinajstić information content (AvgIpc) is 2.65. The summed E-state index contributed by atoms with van der Waals surface area (Å²) < 4.78 is 10.9. The minimum Gasteiger partial charge on any atom is -0.445 e. The molecule has 0 radical (unpaired) electrons. The summed E-state index contributed by atoms with van der Waals surface area (Å²) >= 11 is 0. The maximum absolute atomic E-state index is 12.5. The highest BCUT2D eigenvalue weighted by atomic mass is 16.6. The topological polar surface area (TPSA) is 67.9 Å². The number of nitrogens with one attached hydrogen (secondary N) is 1. The molecule has 2 rings (SSSR count). The molecule has 1 N–H and O–H groups in total. The van der Waals surface area contributed by atoms with Gasteiger partial charge in [-0.3, -0.25) is 0 Å². The van der Waals surface area contributed by atoms with Gasteiger partial charge >= 0.3 is 12.2 Å². The summed E-state index contributed by atoms with van der Waals surface area (Å²) in [7, 11) is 0. The van der Waals surface area contributed by atoms with Gasteiger partial charge in [0, 0.05) is 13.1 Å². The zero-order chi connectivity index (χ0) is 20.8. The van der Waals surface area contributed by atoms with Gasteiger partial charge in [0.1, 0.15) is 12.2 Å². The Labute approximate surface area is 167 Å². The predicted octanol–water partition coefficient (Wildman–Crippen LogP) is 4.50. The van der Waals surface area contributed by atoms with Crippen molar-refractivity contribution in [2.75, 3.05) is 13.1 Å². The summed E-state index contributed by atoms with van der Waals surface area (Å²) in [6.45, 7) is 12.5. The molecule has 1 aromatic rings. The highest BCUT2D eigenvalue weighted by Gasteiger charge is 2.43. The molecular formula is C22H32N2O4. The van der Waals surface area contributed by atoms with Crippen LogP contribution in [0.3, 0.4) is 0 Å². The van der Waals surface area contributed by atoms with Crippen LogP contribution in [0.1, 0.15) is 46.1 Å². The minimum absolute atomic E-state index is 0.0398. The van der Waals surface area contributed by atoms with Gasteiger partial charge in [-0.25, -0.2) is 9.59 Å². The number of ether oxygens (including phenoxy) is 2. The Morgan fingerprint density at radius 3 is 2.61 bits per heavy atom. The number of rotatable bonds is 5. The number of carbonyl (C=O) groups is 2. The number of carbonyl (C=O) groups excluding carboxylic acids is 2. The van der Waals surface area contributed by atoms with Crippen molar-refractivity contribution in [2.45, 2.75) is 58.3 Å². The highest BCUT2D eigenvalue weighted by Crippen LogP contribution is 2.30. The van der Waals surface area contributed by atoms with E-state index < -0.39 is 17.2 Å². The molecule has 1 aliphatic heterocycles. The number of likely N-dealkylation sites (tertiary alicyclic amines) is 1. The van der Waals surface area contributed by atoms with E-state index in [-0.39, 0.29) is 18.6 Å². The van der Waals surface area contributed by atoms with Gasteiger partial charge in [0.2, 0.25) is 0 Å². The molecule has 2 amide bonds. The van der Waals surface area contributed by atoms with Crippen LogP contribution >= 0.6 is 0 Å². The van der Waals surface area contributed by atoms with Gasteiger partial charge < -0.3 is 19.7 Å². The largest absolute Gasteiger partial charge is 0.445 e. The van der Waals surface area contributed by atoms with Gasteiger partial charge in [-0.15, -0.1) is 6.58 Å². The van der Waals surface area contributed by atoms with Gasteiger partial charge in [-0.1, -0.05) is 43.3 Å². The Morgan fingerprint density at radius 1 is 1.32 bits per heavy atom. The van der Waals surface area contributed by atoms with Crippen LogP contribution in [0.5, 0.6) is 0 Å². The normalized spacial score (nSPS) is 20.8. The second kappa shape index (κ2) is 9.13. The van der Waals surface area contributed by atoms with Gasteiger partial charge in [0.25, 0.3) is 0 Å². The van der Waals surface area contributed by atoms with Gasteiger partial charge in [-0.05, 0) is 45.1 Å². The van der Waals surface area contributed by atoms with Crippen molar-refractivity contribution in [1.29, 1.82) is 0 Å². The number of hydrogen-bond acceptors (Lipinski definition) is 4. The highest BCUT2D eigenvalue weighted by molar-refractivity contribution is 5.70. The molecule has 2 unspecified atom stereocenters. The first-order valence-electron chi connectivity index (χ1n) is 9.74. The average molecular weight is 389 g/mol. The Morgan fingerprint density at radius 2 is 2.00 bits per heavy atom. The van der Waals surface area contributed by atoms with Gasteiger partial charge in [0.15, 0.2) is 0 Å². The maximum atomic E-state index is 12.5. The molecule has 0 saturated carbocycles. The van der Waals surface area contributed by atoms with Crippen LogP contribution in [0.2, 0.25) is 0 Å². The summed E-state index contributed by atoms with van der Waals surface area (Å²) in [6.07, 6.45) is 2.43. The van der Waals surface area contributed by atoms with E-state index in [4.69, 9.17) is 9.47 Å². The lowest BCUT2D eigenvalue weighted by Crippen LogP contribution is -2.63. The van der Waals surface area contributed by atoms with Crippen LogP contribution in [-0.4, -0.2) is 41.3 Å². The SMILES string of the molecule is C=CC(C)C1(NC(=O)OCc2ccccc2)CCCN(C(=O)OC(C)(C)C)C1. The predicted molar refractivity (Wildman–Crippen MR) is 109 cm³/mol. The number of hydrogen-bond donors (Lipinski definition) is 1.